The molecule has 1 saturated carbocycles. The number of ether oxygens (including phenoxy) is 1. The highest BCUT2D eigenvalue weighted by Crippen LogP contribution is 2.34. The molecule has 0 spiro atoms. The second kappa shape index (κ2) is 12.1. The lowest BCUT2D eigenvalue weighted by Crippen LogP contribution is -2.31. The average molecular weight is 580 g/mol. The van der Waals surface area contributed by atoms with Crippen molar-refractivity contribution in [1.82, 2.24) is 23.9 Å². The Bertz CT molecular complexity index is 1670. The van der Waals surface area contributed by atoms with E-state index in [2.05, 4.69) is 4.98 Å². The van der Waals surface area contributed by atoms with Crippen LogP contribution in [0.3, 0.4) is 0 Å². The first-order valence-electron chi connectivity index (χ1n) is 14.2. The number of fused-ring (bicyclic) bond motifs is 1. The van der Waals surface area contributed by atoms with Crippen molar-refractivity contribution >= 4 is 15.5 Å². The summed E-state index contributed by atoms with van der Waals surface area (Å²) >= 11 is 0. The smallest absolute Gasteiger partial charge is 0.277 e. The molecular formula is C30H37N5O5S. The molecule has 1 atom stereocenters. The summed E-state index contributed by atoms with van der Waals surface area (Å²) in [7, 11) is -2.58. The fourth-order valence-corrected chi connectivity index (χ4v) is 6.76. The molecule has 11 heteroatoms. The number of H-pyrrole nitrogens is 1. The molecule has 0 saturated heterocycles. The molecular weight excluding hydrogens is 542 g/mol. The maximum absolute atomic E-state index is 13.6. The summed E-state index contributed by atoms with van der Waals surface area (Å²) in [4.78, 5) is 20.9. The molecule has 2 heterocycles. The van der Waals surface area contributed by atoms with Gasteiger partial charge < -0.3 is 14.8 Å². The van der Waals surface area contributed by atoms with Crippen LogP contribution in [0.4, 0.5) is 0 Å². The second-order valence-electron chi connectivity index (χ2n) is 10.6. The highest BCUT2D eigenvalue weighted by molar-refractivity contribution is 7.89. The molecule has 0 bridgehead atoms. The van der Waals surface area contributed by atoms with Crippen LogP contribution in [0.5, 0.6) is 5.75 Å². The maximum Gasteiger partial charge on any atom is 0.277 e. The molecule has 0 radical (unpaired) electrons. The number of aliphatic hydroxyl groups excluding tert-OH is 1. The summed E-state index contributed by atoms with van der Waals surface area (Å²) in [6.07, 6.45) is 5.57. The van der Waals surface area contributed by atoms with Crippen LogP contribution in [-0.2, 0) is 10.0 Å². The largest absolute Gasteiger partial charge is 0.493 e. The van der Waals surface area contributed by atoms with Gasteiger partial charge in [0.25, 0.3) is 5.56 Å². The Hall–Kier alpha value is -3.54. The zero-order valence-corrected chi connectivity index (χ0v) is 24.5. The van der Waals surface area contributed by atoms with Gasteiger partial charge in [0.1, 0.15) is 11.6 Å². The number of aromatic nitrogens is 4. The standard InChI is InChI=1S/C30H37N5O5S/c1-4-40-26-17-16-23(41(38,39)34(3)19-25(36)21-12-10-7-11-13-21)18-24(26)28-32-30(37)27-20(2)31-29(35(27)33-28)22-14-8-5-6-9-15-22/h7,10-13,16-18,22,25,36H,4-6,8-9,14-15,19H2,1-3H3,(H,32,33,37). The van der Waals surface area contributed by atoms with E-state index in [-0.39, 0.29) is 28.7 Å². The molecule has 2 N–H and O–H groups in total. The monoisotopic (exact) mass is 579 g/mol. The van der Waals surface area contributed by atoms with Gasteiger partial charge in [-0.1, -0.05) is 56.0 Å². The van der Waals surface area contributed by atoms with Gasteiger partial charge in [0.05, 0.1) is 28.9 Å². The molecule has 0 amide bonds. The van der Waals surface area contributed by atoms with Crippen LogP contribution in [0, 0.1) is 6.92 Å². The van der Waals surface area contributed by atoms with Crippen LogP contribution >= 0.6 is 0 Å². The molecule has 2 aromatic carbocycles. The molecule has 1 fully saturated rings. The average Bonchev–Trinajstić information content (AvgIpc) is 3.12. The van der Waals surface area contributed by atoms with Gasteiger partial charge in [-0.05, 0) is 50.5 Å². The molecule has 0 aliphatic heterocycles. The van der Waals surface area contributed by atoms with E-state index < -0.39 is 16.1 Å². The normalized spacial score (nSPS) is 15.7. The molecule has 4 aromatic rings. The van der Waals surface area contributed by atoms with Crippen molar-refractivity contribution in [3.8, 4) is 17.1 Å². The van der Waals surface area contributed by atoms with E-state index in [0.29, 0.717) is 34.7 Å². The number of nitrogens with one attached hydrogen (secondary N) is 1. The summed E-state index contributed by atoms with van der Waals surface area (Å²) in [5.74, 6) is 1.56. The Kier molecular flexibility index (Phi) is 8.58. The van der Waals surface area contributed by atoms with E-state index in [1.807, 2.05) is 19.9 Å². The number of hydrogen-bond donors (Lipinski definition) is 2. The van der Waals surface area contributed by atoms with Crippen LogP contribution in [-0.4, -0.2) is 57.6 Å². The van der Waals surface area contributed by atoms with Crippen LogP contribution in [0.1, 0.15) is 74.6 Å². The number of imidazole rings is 1. The van der Waals surface area contributed by atoms with Crippen LogP contribution in [0.2, 0.25) is 0 Å². The fraction of sp³-hybridized carbons (Fsp3) is 0.433. The summed E-state index contributed by atoms with van der Waals surface area (Å²) in [6, 6.07) is 13.4. The quantitative estimate of drug-likeness (QED) is 0.278. The summed E-state index contributed by atoms with van der Waals surface area (Å²) in [6.45, 7) is 3.85. The number of sulfonamides is 1. The first kappa shape index (κ1) is 29.0. The molecule has 1 aliphatic carbocycles. The van der Waals surface area contributed by atoms with Gasteiger partial charge in [-0.3, -0.25) is 4.79 Å². The lowest BCUT2D eigenvalue weighted by Gasteiger charge is -2.21. The Morgan fingerprint density at radius 3 is 2.51 bits per heavy atom. The molecule has 10 nitrogen and oxygen atoms in total. The highest BCUT2D eigenvalue weighted by Gasteiger charge is 2.27. The van der Waals surface area contributed by atoms with Crippen molar-refractivity contribution in [2.75, 3.05) is 20.2 Å². The van der Waals surface area contributed by atoms with E-state index in [4.69, 9.17) is 14.8 Å². The van der Waals surface area contributed by atoms with E-state index in [0.717, 1.165) is 35.8 Å². The van der Waals surface area contributed by atoms with Gasteiger partial charge in [-0.2, -0.15) is 4.31 Å². The summed E-state index contributed by atoms with van der Waals surface area (Å²) < 4.78 is 35.8. The number of hydrogen-bond acceptors (Lipinski definition) is 7. The third kappa shape index (κ3) is 5.93. The minimum absolute atomic E-state index is 0.00716. The lowest BCUT2D eigenvalue weighted by molar-refractivity contribution is 0.155. The Morgan fingerprint density at radius 1 is 1.12 bits per heavy atom. The van der Waals surface area contributed by atoms with Gasteiger partial charge in [0.15, 0.2) is 11.3 Å². The van der Waals surface area contributed by atoms with Crippen molar-refractivity contribution in [1.29, 1.82) is 0 Å². The topological polar surface area (TPSA) is 130 Å². The van der Waals surface area contributed by atoms with Gasteiger partial charge >= 0.3 is 0 Å². The number of benzene rings is 2. The first-order valence-corrected chi connectivity index (χ1v) is 15.6. The predicted molar refractivity (Wildman–Crippen MR) is 157 cm³/mol. The molecule has 41 heavy (non-hydrogen) atoms. The minimum Gasteiger partial charge on any atom is -0.493 e. The number of aromatic amines is 1. The third-order valence-corrected chi connectivity index (χ3v) is 9.57. The zero-order valence-electron chi connectivity index (χ0n) is 23.7. The minimum atomic E-state index is -4.00. The predicted octanol–water partition coefficient (Wildman–Crippen LogP) is 4.58. The molecule has 5 rings (SSSR count). The number of nitrogens with zero attached hydrogens (tertiary/aromatic N) is 4. The Morgan fingerprint density at radius 2 is 1.83 bits per heavy atom. The second-order valence-corrected chi connectivity index (χ2v) is 12.7. The van der Waals surface area contributed by atoms with Gasteiger partial charge in [0.2, 0.25) is 10.0 Å². The summed E-state index contributed by atoms with van der Waals surface area (Å²) in [5.41, 5.74) is 1.63. The van der Waals surface area contributed by atoms with Crippen molar-refractivity contribution < 1.29 is 18.3 Å². The van der Waals surface area contributed by atoms with Gasteiger partial charge in [-0.25, -0.2) is 17.9 Å². The van der Waals surface area contributed by atoms with Crippen molar-refractivity contribution in [3.05, 3.63) is 76.0 Å². The van der Waals surface area contributed by atoms with E-state index in [1.54, 1.807) is 34.8 Å². The van der Waals surface area contributed by atoms with E-state index >= 15 is 0 Å². The number of rotatable bonds is 9. The van der Waals surface area contributed by atoms with Crippen molar-refractivity contribution in [2.45, 2.75) is 69.3 Å². The first-order chi connectivity index (χ1) is 19.7. The van der Waals surface area contributed by atoms with Crippen LogP contribution < -0.4 is 10.3 Å². The van der Waals surface area contributed by atoms with Crippen LogP contribution in [0.15, 0.2) is 58.2 Å². The fourth-order valence-electron chi connectivity index (χ4n) is 5.55. The van der Waals surface area contributed by atoms with Crippen LogP contribution in [0.25, 0.3) is 16.9 Å². The Labute approximate surface area is 240 Å². The molecule has 1 aliphatic rings. The SMILES string of the molecule is CCOc1ccc(S(=O)(=O)N(C)CC(O)c2ccccc2)cc1-c1nn2c(C3CCCCCC3)nc(C)c2c(=O)[nH]1. The van der Waals surface area contributed by atoms with E-state index in [1.165, 1.54) is 32.0 Å². The molecule has 2 aromatic heterocycles. The Balaban J connectivity index is 1.56. The number of aryl methyl sites for hydroxylation is 1. The van der Waals surface area contributed by atoms with Gasteiger partial charge in [0, 0.05) is 19.5 Å². The summed E-state index contributed by atoms with van der Waals surface area (Å²) in [5, 5.41) is 15.4. The third-order valence-electron chi connectivity index (χ3n) is 7.75. The molecule has 1 unspecified atom stereocenters. The van der Waals surface area contributed by atoms with E-state index in [9.17, 15) is 18.3 Å². The molecule has 218 valence electrons. The van der Waals surface area contributed by atoms with Gasteiger partial charge in [-0.15, -0.1) is 5.10 Å². The lowest BCUT2D eigenvalue weighted by atomic mass is 10.00. The van der Waals surface area contributed by atoms with Crippen molar-refractivity contribution in [3.63, 3.8) is 0 Å². The highest BCUT2D eigenvalue weighted by atomic mass is 32.2. The maximum atomic E-state index is 13.6. The van der Waals surface area contributed by atoms with Crippen molar-refractivity contribution in [2.24, 2.45) is 0 Å². The zero-order chi connectivity index (χ0) is 29.1. The number of likely N-dealkylation sites (N-methyl/N-ethyl adjacent to an activating group) is 1. The number of aliphatic hydroxyl groups is 1.